The summed E-state index contributed by atoms with van der Waals surface area (Å²) in [6, 6.07) is 65.1. The molecule has 6 heteroatoms. The Labute approximate surface area is 446 Å². The lowest BCUT2D eigenvalue weighted by atomic mass is 9.58. The Hall–Kier alpha value is -6.96. The van der Waals surface area contributed by atoms with Crippen molar-refractivity contribution < 1.29 is 0 Å². The highest BCUT2D eigenvalue weighted by Crippen LogP contribution is 2.52. The molecule has 1 aliphatic rings. The van der Waals surface area contributed by atoms with E-state index in [4.69, 9.17) is 0 Å². The number of fused-ring (bicyclic) bond motifs is 13. The van der Waals surface area contributed by atoms with Gasteiger partial charge in [-0.15, -0.1) is 34.0 Å². The summed E-state index contributed by atoms with van der Waals surface area (Å²) in [6.45, 7) is 20.9. The first kappa shape index (κ1) is 45.6. The van der Waals surface area contributed by atoms with E-state index in [2.05, 4.69) is 242 Å². The number of hydrogen-bond acceptors (Lipinski definition) is 4. The van der Waals surface area contributed by atoms with Crippen molar-refractivity contribution in [1.82, 2.24) is 4.57 Å². The first-order valence-electron chi connectivity index (χ1n) is 26.1. The number of anilines is 2. The van der Waals surface area contributed by atoms with Crippen LogP contribution in [0.3, 0.4) is 0 Å². The van der Waals surface area contributed by atoms with Crippen molar-refractivity contribution in [2.24, 2.45) is 0 Å². The Morgan fingerprint density at radius 1 is 0.446 bits per heavy atom. The first-order valence-corrected chi connectivity index (χ1v) is 28.6. The van der Waals surface area contributed by atoms with Crippen molar-refractivity contribution in [3.8, 4) is 38.4 Å². The van der Waals surface area contributed by atoms with E-state index < -0.39 is 0 Å². The third-order valence-corrected chi connectivity index (χ3v) is 19.4. The normalized spacial score (nSPS) is 13.0. The van der Waals surface area contributed by atoms with Gasteiger partial charge >= 0.3 is 0 Å². The topological polar surface area (TPSA) is 17.0 Å². The van der Waals surface area contributed by atoms with Gasteiger partial charge in [0.1, 0.15) is 0 Å². The molecule has 360 valence electrons. The van der Waals surface area contributed by atoms with E-state index >= 15 is 0 Å². The molecule has 0 bridgehead atoms. The van der Waals surface area contributed by atoms with Crippen LogP contribution in [-0.4, -0.2) is 11.8 Å². The molecule has 0 atom stereocenters. The van der Waals surface area contributed by atoms with Crippen LogP contribution in [-0.2, 0) is 16.2 Å². The second-order valence-electron chi connectivity index (χ2n) is 23.8. The maximum absolute atomic E-state index is 4.10. The van der Waals surface area contributed by atoms with Crippen LogP contribution in [0.25, 0.3) is 111 Å². The van der Waals surface area contributed by atoms with E-state index in [1.54, 1.807) is 0 Å². The third kappa shape index (κ3) is 7.09. The smallest absolute Gasteiger partial charge is 0.198 e. The predicted octanol–water partition coefficient (Wildman–Crippen LogP) is 19.1. The fraction of sp³-hybridized carbons (Fsp3) is 0.176. The van der Waals surface area contributed by atoms with Gasteiger partial charge in [-0.05, 0) is 122 Å². The van der Waals surface area contributed by atoms with Crippen LogP contribution in [0.2, 0.25) is 0 Å². The minimum atomic E-state index is -0.0265. The molecule has 2 nitrogen and oxygen atoms in total. The molecular weight excluding hydrogens is 952 g/mol. The Kier molecular flexibility index (Phi) is 10.0. The number of thiophene rings is 3. The summed E-state index contributed by atoms with van der Waals surface area (Å²) in [4.78, 5) is 1.31. The molecule has 0 fully saturated rings. The van der Waals surface area contributed by atoms with Crippen LogP contribution in [0.15, 0.2) is 170 Å². The number of hydrogen-bond donors (Lipinski definition) is 1. The van der Waals surface area contributed by atoms with Crippen LogP contribution in [0.4, 0.5) is 11.4 Å². The van der Waals surface area contributed by atoms with E-state index in [0.717, 1.165) is 18.7 Å². The summed E-state index contributed by atoms with van der Waals surface area (Å²) in [5.74, 6) is 0. The molecule has 5 heterocycles. The maximum Gasteiger partial charge on any atom is 0.198 e. The molecule has 9 aromatic carbocycles. The quantitative estimate of drug-likeness (QED) is 0.170. The summed E-state index contributed by atoms with van der Waals surface area (Å²) >= 11 is 5.80. The zero-order valence-electron chi connectivity index (χ0n) is 43.5. The van der Waals surface area contributed by atoms with Crippen molar-refractivity contribution >= 4 is 136 Å². The van der Waals surface area contributed by atoms with E-state index in [9.17, 15) is 0 Å². The highest BCUT2D eigenvalue weighted by Gasteiger charge is 2.33. The minimum Gasteiger partial charge on any atom is -0.355 e. The van der Waals surface area contributed by atoms with Crippen LogP contribution < -0.4 is 16.2 Å². The maximum atomic E-state index is 4.10. The Balaban J connectivity index is 1.14. The fourth-order valence-corrected chi connectivity index (χ4v) is 15.6. The predicted molar refractivity (Wildman–Crippen MR) is 330 cm³/mol. The van der Waals surface area contributed by atoms with Crippen molar-refractivity contribution in [2.45, 2.75) is 78.6 Å². The summed E-state index contributed by atoms with van der Waals surface area (Å²) in [7, 11) is 0.801. The molecule has 0 amide bonds. The van der Waals surface area contributed by atoms with Gasteiger partial charge in [-0.2, -0.15) is 0 Å². The summed E-state index contributed by atoms with van der Waals surface area (Å²) in [5.41, 5.74) is 19.3. The van der Waals surface area contributed by atoms with Crippen molar-refractivity contribution in [3.63, 3.8) is 0 Å². The molecule has 1 aliphatic heterocycles. The Morgan fingerprint density at radius 2 is 1.05 bits per heavy atom. The number of rotatable bonds is 5. The molecule has 1 N–H and O–H groups in total. The Bertz CT molecular complexity index is 4450. The van der Waals surface area contributed by atoms with Crippen molar-refractivity contribution in [3.05, 3.63) is 187 Å². The molecule has 14 rings (SSSR count). The molecule has 0 spiro atoms. The lowest BCUT2D eigenvalue weighted by molar-refractivity contribution is 0.590. The first-order chi connectivity index (χ1) is 35.6. The number of nitrogens with one attached hydrogen (secondary N) is 1. The molecule has 0 unspecified atom stereocenters. The molecular formula is C68H57BN2S3. The number of benzene rings is 9. The average Bonchev–Trinajstić information content (AvgIpc) is 4.15. The standard InChI is InChI=1S/C68H57BN2S3/c1-66(2,3)40-24-28-43(29-25-40)70-51-37-57-46(45-32-42(68(7,8)9)27-31-55(45)72-57)34-47(51)59-60-44-22-16-17-23-54(44)73-65(60)61-48-33-41(67(4,5)6)26-30-52(48)71-53-35-49-56(36-50(53)69-62(59)63(61)71)74-64(39-20-14-11-15-21-39)58(49)38-18-12-10-13-19-38/h10-37,69-70H,1-9H3. The van der Waals surface area contributed by atoms with E-state index in [1.807, 2.05) is 34.0 Å². The zero-order valence-corrected chi connectivity index (χ0v) is 46.0. The van der Waals surface area contributed by atoms with Gasteiger partial charge in [0.05, 0.1) is 11.0 Å². The van der Waals surface area contributed by atoms with Gasteiger partial charge in [-0.25, -0.2) is 0 Å². The molecule has 13 aromatic rings. The van der Waals surface area contributed by atoms with Crippen LogP contribution in [0, 0.1) is 0 Å². The monoisotopic (exact) mass is 1010 g/mol. The van der Waals surface area contributed by atoms with E-state index in [0.29, 0.717) is 0 Å². The molecule has 0 saturated heterocycles. The van der Waals surface area contributed by atoms with Gasteiger partial charge in [0.2, 0.25) is 0 Å². The van der Waals surface area contributed by atoms with Gasteiger partial charge in [0, 0.05) is 94.3 Å². The average molecular weight is 1010 g/mol. The minimum absolute atomic E-state index is 0.0221. The van der Waals surface area contributed by atoms with Gasteiger partial charge in [-0.3, -0.25) is 0 Å². The summed E-state index contributed by atoms with van der Waals surface area (Å²) in [5, 5.41) is 13.4. The molecule has 0 radical (unpaired) electrons. The lowest BCUT2D eigenvalue weighted by Crippen LogP contribution is -2.37. The van der Waals surface area contributed by atoms with Gasteiger partial charge in [-0.1, -0.05) is 171 Å². The van der Waals surface area contributed by atoms with Crippen molar-refractivity contribution in [1.29, 1.82) is 0 Å². The Morgan fingerprint density at radius 3 is 1.77 bits per heavy atom. The second kappa shape index (κ2) is 16.3. The van der Waals surface area contributed by atoms with Gasteiger partial charge in [0.15, 0.2) is 7.28 Å². The van der Waals surface area contributed by atoms with Crippen molar-refractivity contribution in [2.75, 3.05) is 5.32 Å². The third-order valence-electron chi connectivity index (χ3n) is 15.9. The largest absolute Gasteiger partial charge is 0.355 e. The van der Waals surface area contributed by atoms with E-state index in [1.165, 1.54) is 138 Å². The molecule has 4 aromatic heterocycles. The van der Waals surface area contributed by atoms with Crippen LogP contribution >= 0.6 is 34.0 Å². The summed E-state index contributed by atoms with van der Waals surface area (Å²) < 4.78 is 9.29. The number of aromatic nitrogens is 1. The molecule has 74 heavy (non-hydrogen) atoms. The SMILES string of the molecule is CC(C)(C)c1ccc(Nc2cc3sc4ccc(C(C)(C)C)cc4c3cc2-c2c3c4c(c5cc(C(C)(C)C)ccc5n4-c4cc5c(-c6ccccc6)c(-c6ccccc6)sc5cc4B3)c3sc4ccccc4c23)cc1. The second-order valence-corrected chi connectivity index (χ2v) is 27.0. The van der Waals surface area contributed by atoms with Crippen LogP contribution in [0.5, 0.6) is 0 Å². The summed E-state index contributed by atoms with van der Waals surface area (Å²) in [6.07, 6.45) is 0. The lowest BCUT2D eigenvalue weighted by Gasteiger charge is -2.25. The van der Waals surface area contributed by atoms with Crippen LogP contribution in [0.1, 0.15) is 79.0 Å². The highest BCUT2D eigenvalue weighted by atomic mass is 32.1. The highest BCUT2D eigenvalue weighted by molar-refractivity contribution is 7.27. The molecule has 0 saturated carbocycles. The zero-order chi connectivity index (χ0) is 50.6. The van der Waals surface area contributed by atoms with Gasteiger partial charge in [0.25, 0.3) is 0 Å². The fourth-order valence-electron chi connectivity index (χ4n) is 11.9. The molecule has 0 aliphatic carbocycles. The van der Waals surface area contributed by atoms with E-state index in [-0.39, 0.29) is 16.2 Å². The van der Waals surface area contributed by atoms with Gasteiger partial charge < -0.3 is 9.88 Å². The number of nitrogens with zero attached hydrogens (tertiary/aromatic N) is 1.